The molecule has 0 radical (unpaired) electrons. The van der Waals surface area contributed by atoms with Crippen LogP contribution in [-0.4, -0.2) is 5.78 Å². The summed E-state index contributed by atoms with van der Waals surface area (Å²) >= 11 is 1.33. The van der Waals surface area contributed by atoms with Crippen molar-refractivity contribution in [3.8, 4) is 0 Å². The Hall–Kier alpha value is -1.55. The van der Waals surface area contributed by atoms with Crippen LogP contribution < -0.4 is 0 Å². The Morgan fingerprint density at radius 1 is 1.00 bits per heavy atom. The van der Waals surface area contributed by atoms with Gasteiger partial charge in [0.05, 0.1) is 10.4 Å². The van der Waals surface area contributed by atoms with Gasteiger partial charge in [0.25, 0.3) is 0 Å². The van der Waals surface area contributed by atoms with Gasteiger partial charge in [0, 0.05) is 10.9 Å². The Morgan fingerprint density at radius 3 is 2.22 bits per heavy atom. The fourth-order valence-corrected chi connectivity index (χ4v) is 2.80. The lowest BCUT2D eigenvalue weighted by Crippen LogP contribution is -2.05. The van der Waals surface area contributed by atoms with Crippen molar-refractivity contribution >= 4 is 17.1 Å². The first-order valence-electron chi connectivity index (χ1n) is 5.47. The van der Waals surface area contributed by atoms with E-state index in [9.17, 15) is 13.6 Å². The lowest BCUT2D eigenvalue weighted by atomic mass is 10.0. The van der Waals surface area contributed by atoms with Gasteiger partial charge in [-0.1, -0.05) is 0 Å². The Kier molecular flexibility index (Phi) is 3.30. The van der Waals surface area contributed by atoms with Crippen LogP contribution in [0, 0.1) is 32.4 Å². The molecule has 0 saturated carbocycles. The predicted octanol–water partition coefficient (Wildman–Crippen LogP) is 4.18. The van der Waals surface area contributed by atoms with Crippen LogP contribution in [0.3, 0.4) is 0 Å². The molecule has 0 aliphatic heterocycles. The van der Waals surface area contributed by atoms with Crippen LogP contribution in [0.15, 0.2) is 18.2 Å². The third kappa shape index (κ3) is 2.20. The summed E-state index contributed by atoms with van der Waals surface area (Å²) in [5.41, 5.74) is 1.02. The average Bonchev–Trinajstić information content (AvgIpc) is 2.62. The number of hydrogen-bond donors (Lipinski definition) is 0. The van der Waals surface area contributed by atoms with Crippen LogP contribution in [0.2, 0.25) is 0 Å². The van der Waals surface area contributed by atoms with Crippen LogP contribution in [0.1, 0.15) is 31.2 Å². The van der Waals surface area contributed by atoms with E-state index in [-0.39, 0.29) is 16.9 Å². The first kappa shape index (κ1) is 12.9. The normalized spacial score (nSPS) is 10.7. The minimum absolute atomic E-state index is 0.0705. The molecule has 1 aromatic heterocycles. The molecule has 0 N–H and O–H groups in total. The molecule has 2 aromatic rings. The van der Waals surface area contributed by atoms with Crippen molar-refractivity contribution in [1.29, 1.82) is 0 Å². The fraction of sp³-hybridized carbons (Fsp3) is 0.214. The fourth-order valence-electron chi connectivity index (χ4n) is 1.82. The van der Waals surface area contributed by atoms with Crippen LogP contribution in [0.25, 0.3) is 0 Å². The smallest absolute Gasteiger partial charge is 0.206 e. The first-order chi connectivity index (χ1) is 8.40. The maximum atomic E-state index is 13.6. The monoisotopic (exact) mass is 266 g/mol. The van der Waals surface area contributed by atoms with E-state index >= 15 is 0 Å². The van der Waals surface area contributed by atoms with E-state index in [1.165, 1.54) is 24.3 Å². The van der Waals surface area contributed by atoms with Crippen LogP contribution in [-0.2, 0) is 0 Å². The topological polar surface area (TPSA) is 17.1 Å². The van der Waals surface area contributed by atoms with E-state index in [0.717, 1.165) is 16.5 Å². The first-order valence-corrected chi connectivity index (χ1v) is 6.29. The molecule has 1 aromatic carbocycles. The Bertz CT molecular complexity index is 629. The number of hydrogen-bond acceptors (Lipinski definition) is 2. The van der Waals surface area contributed by atoms with Gasteiger partial charge in [0.1, 0.15) is 11.6 Å². The maximum Gasteiger partial charge on any atom is 0.206 e. The standard InChI is InChI=1S/C14H12F2OS/c1-7-5-10(12(16)6-11(7)15)13(17)14-8(2)4-9(3)18-14/h4-6H,1-3H3. The quantitative estimate of drug-likeness (QED) is 0.745. The summed E-state index contributed by atoms with van der Waals surface area (Å²) in [5.74, 6) is -1.83. The molecule has 1 heterocycles. The molecule has 0 saturated heterocycles. The highest BCUT2D eigenvalue weighted by atomic mass is 32.1. The van der Waals surface area contributed by atoms with Crippen molar-refractivity contribution in [2.75, 3.05) is 0 Å². The number of ketones is 1. The van der Waals surface area contributed by atoms with Crippen molar-refractivity contribution < 1.29 is 13.6 Å². The number of aryl methyl sites for hydroxylation is 3. The zero-order valence-corrected chi connectivity index (χ0v) is 11.1. The second kappa shape index (κ2) is 4.61. The summed E-state index contributed by atoms with van der Waals surface area (Å²) in [6.07, 6.45) is 0. The zero-order valence-electron chi connectivity index (χ0n) is 10.3. The summed E-state index contributed by atoms with van der Waals surface area (Å²) in [4.78, 5) is 13.7. The Balaban J connectivity index is 2.53. The molecular weight excluding hydrogens is 254 g/mol. The molecule has 0 spiro atoms. The van der Waals surface area contributed by atoms with Gasteiger partial charge in [-0.15, -0.1) is 11.3 Å². The minimum Gasteiger partial charge on any atom is -0.288 e. The van der Waals surface area contributed by atoms with Crippen LogP contribution in [0.5, 0.6) is 0 Å². The van der Waals surface area contributed by atoms with Gasteiger partial charge in [-0.05, 0) is 44.0 Å². The molecule has 0 amide bonds. The van der Waals surface area contributed by atoms with E-state index < -0.39 is 11.6 Å². The van der Waals surface area contributed by atoms with Gasteiger partial charge in [-0.2, -0.15) is 0 Å². The summed E-state index contributed by atoms with van der Waals surface area (Å²) in [5, 5.41) is 0. The van der Waals surface area contributed by atoms with Gasteiger partial charge >= 0.3 is 0 Å². The second-order valence-corrected chi connectivity index (χ2v) is 5.54. The average molecular weight is 266 g/mol. The molecule has 0 bridgehead atoms. The van der Waals surface area contributed by atoms with Gasteiger partial charge < -0.3 is 0 Å². The highest BCUT2D eigenvalue weighted by Gasteiger charge is 2.19. The van der Waals surface area contributed by atoms with Crippen molar-refractivity contribution in [3.05, 3.63) is 56.3 Å². The molecule has 18 heavy (non-hydrogen) atoms. The number of halogens is 2. The molecule has 1 nitrogen and oxygen atoms in total. The summed E-state index contributed by atoms with van der Waals surface area (Å²) in [6, 6.07) is 3.91. The van der Waals surface area contributed by atoms with E-state index in [4.69, 9.17) is 0 Å². The SMILES string of the molecule is Cc1cc(C)c(C(=O)c2cc(C)c(F)cc2F)s1. The summed E-state index contributed by atoms with van der Waals surface area (Å²) < 4.78 is 26.8. The molecule has 0 aliphatic rings. The predicted molar refractivity (Wildman–Crippen MR) is 68.3 cm³/mol. The Labute approximate surface area is 108 Å². The lowest BCUT2D eigenvalue weighted by Gasteiger charge is -2.04. The molecule has 0 unspecified atom stereocenters. The van der Waals surface area contributed by atoms with E-state index in [0.29, 0.717) is 4.88 Å². The molecule has 0 aliphatic carbocycles. The Morgan fingerprint density at radius 2 is 1.67 bits per heavy atom. The van der Waals surface area contributed by atoms with Gasteiger partial charge in [0.15, 0.2) is 0 Å². The number of benzene rings is 1. The minimum atomic E-state index is -0.812. The lowest BCUT2D eigenvalue weighted by molar-refractivity contribution is 0.103. The third-order valence-corrected chi connectivity index (χ3v) is 3.89. The number of carbonyl (C=O) groups excluding carboxylic acids is 1. The zero-order chi connectivity index (χ0) is 13.4. The van der Waals surface area contributed by atoms with E-state index in [1.54, 1.807) is 0 Å². The van der Waals surface area contributed by atoms with Crippen molar-refractivity contribution in [3.63, 3.8) is 0 Å². The van der Waals surface area contributed by atoms with Gasteiger partial charge in [0.2, 0.25) is 5.78 Å². The maximum absolute atomic E-state index is 13.6. The highest BCUT2D eigenvalue weighted by molar-refractivity contribution is 7.14. The molecule has 2 rings (SSSR count). The van der Waals surface area contributed by atoms with Crippen molar-refractivity contribution in [1.82, 2.24) is 0 Å². The van der Waals surface area contributed by atoms with Gasteiger partial charge in [-0.25, -0.2) is 8.78 Å². The molecule has 0 fully saturated rings. The number of thiophene rings is 1. The van der Waals surface area contributed by atoms with Crippen molar-refractivity contribution in [2.24, 2.45) is 0 Å². The van der Waals surface area contributed by atoms with E-state index in [2.05, 4.69) is 0 Å². The molecular formula is C14H12F2OS. The summed E-state index contributed by atoms with van der Waals surface area (Å²) in [6.45, 7) is 5.21. The molecule has 94 valence electrons. The third-order valence-electron chi connectivity index (χ3n) is 2.74. The molecule has 4 heteroatoms. The van der Waals surface area contributed by atoms with Gasteiger partial charge in [-0.3, -0.25) is 4.79 Å². The number of rotatable bonds is 2. The largest absolute Gasteiger partial charge is 0.288 e. The highest BCUT2D eigenvalue weighted by Crippen LogP contribution is 2.26. The summed E-state index contributed by atoms with van der Waals surface area (Å²) in [7, 11) is 0. The van der Waals surface area contributed by atoms with Crippen LogP contribution >= 0.6 is 11.3 Å². The number of carbonyl (C=O) groups is 1. The molecule has 0 atom stereocenters. The van der Waals surface area contributed by atoms with E-state index in [1.807, 2.05) is 19.9 Å². The van der Waals surface area contributed by atoms with Crippen LogP contribution in [0.4, 0.5) is 8.78 Å². The van der Waals surface area contributed by atoms with Crippen molar-refractivity contribution in [2.45, 2.75) is 20.8 Å². The second-order valence-electron chi connectivity index (χ2n) is 4.28.